The second kappa shape index (κ2) is 9.23. The normalized spacial score (nSPS) is 11.4. The summed E-state index contributed by atoms with van der Waals surface area (Å²) >= 11 is 0. The quantitative estimate of drug-likeness (QED) is 0.537. The van der Waals surface area contributed by atoms with Crippen LogP contribution < -0.4 is 27.0 Å². The number of nitrogens with two attached hydrogens (primary N) is 1. The number of benzene rings is 2. The molecule has 1 atom stereocenters. The summed E-state index contributed by atoms with van der Waals surface area (Å²) in [4.78, 5) is 35.5. The van der Waals surface area contributed by atoms with Crippen molar-refractivity contribution < 1.29 is 14.4 Å². The van der Waals surface area contributed by atoms with Crippen molar-refractivity contribution in [3.05, 3.63) is 54.6 Å². The zero-order chi connectivity index (χ0) is 19.8. The molecule has 8 heteroatoms. The number of urea groups is 2. The topological polar surface area (TPSA) is 125 Å². The Morgan fingerprint density at radius 2 is 1.37 bits per heavy atom. The van der Waals surface area contributed by atoms with Gasteiger partial charge in [0.05, 0.1) is 0 Å². The summed E-state index contributed by atoms with van der Waals surface area (Å²) in [7, 11) is 0. The van der Waals surface area contributed by atoms with Gasteiger partial charge in [0.25, 0.3) is 0 Å². The number of anilines is 3. The van der Waals surface area contributed by atoms with Crippen LogP contribution in [-0.4, -0.2) is 24.0 Å². The van der Waals surface area contributed by atoms with Crippen molar-refractivity contribution in [3.8, 4) is 0 Å². The number of nitrogens with one attached hydrogen (secondary N) is 4. The summed E-state index contributed by atoms with van der Waals surface area (Å²) in [6, 6.07) is 13.8. The second-order valence-corrected chi connectivity index (χ2v) is 6.25. The number of rotatable bonds is 6. The lowest BCUT2D eigenvalue weighted by atomic mass is 10.0. The molecule has 5 amide bonds. The molecular weight excluding hydrogens is 346 g/mol. The van der Waals surface area contributed by atoms with E-state index in [0.717, 1.165) is 0 Å². The van der Waals surface area contributed by atoms with E-state index in [2.05, 4.69) is 21.3 Å². The van der Waals surface area contributed by atoms with E-state index in [1.165, 1.54) is 0 Å². The van der Waals surface area contributed by atoms with Crippen molar-refractivity contribution in [3.63, 3.8) is 0 Å². The Kier molecular flexibility index (Phi) is 6.76. The molecule has 1 unspecified atom stereocenters. The molecule has 6 N–H and O–H groups in total. The lowest BCUT2D eigenvalue weighted by Crippen LogP contribution is -2.49. The molecule has 0 bridgehead atoms. The Labute approximate surface area is 157 Å². The molecule has 2 rings (SSSR count). The highest BCUT2D eigenvalue weighted by Crippen LogP contribution is 2.17. The average molecular weight is 369 g/mol. The lowest BCUT2D eigenvalue weighted by molar-refractivity contribution is -0.118. The van der Waals surface area contributed by atoms with Crippen molar-refractivity contribution in [1.82, 2.24) is 5.32 Å². The predicted octanol–water partition coefficient (Wildman–Crippen LogP) is 2.96. The van der Waals surface area contributed by atoms with Crippen LogP contribution in [0.15, 0.2) is 54.6 Å². The van der Waals surface area contributed by atoms with E-state index in [-0.39, 0.29) is 5.92 Å². The van der Waals surface area contributed by atoms with E-state index in [1.54, 1.807) is 50.2 Å². The molecule has 0 aromatic heterocycles. The molecule has 0 heterocycles. The molecule has 0 aliphatic carbocycles. The maximum Gasteiger partial charge on any atom is 0.323 e. The second-order valence-electron chi connectivity index (χ2n) is 6.25. The Balaban J connectivity index is 2.00. The first-order valence-corrected chi connectivity index (χ1v) is 8.45. The Morgan fingerprint density at radius 3 is 1.96 bits per heavy atom. The Bertz CT molecular complexity index is 808. The smallest absolute Gasteiger partial charge is 0.323 e. The predicted molar refractivity (Wildman–Crippen MR) is 106 cm³/mol. The van der Waals surface area contributed by atoms with Gasteiger partial charge in [0.2, 0.25) is 5.91 Å². The highest BCUT2D eigenvalue weighted by atomic mass is 16.2. The summed E-state index contributed by atoms with van der Waals surface area (Å²) in [6.45, 7) is 3.60. The van der Waals surface area contributed by atoms with Crippen molar-refractivity contribution in [1.29, 1.82) is 0 Å². The average Bonchev–Trinajstić information content (AvgIpc) is 2.60. The minimum atomic E-state index is -0.767. The van der Waals surface area contributed by atoms with Crippen LogP contribution in [-0.2, 0) is 4.79 Å². The standard InChI is InChI=1S/C19H23N5O3/c1-12(2)16(24-18(20)26)17(25)21-14-9-6-10-15(11-14)23-19(27)22-13-7-4-3-5-8-13/h3-12,16H,1-2H3,(H,21,25)(H3,20,24,26)(H2,22,23,27). The van der Waals surface area contributed by atoms with Gasteiger partial charge in [-0.05, 0) is 36.2 Å². The van der Waals surface area contributed by atoms with Gasteiger partial charge in [0.1, 0.15) is 6.04 Å². The Hall–Kier alpha value is -3.55. The van der Waals surface area contributed by atoms with E-state index >= 15 is 0 Å². The van der Waals surface area contributed by atoms with Crippen molar-refractivity contribution in [2.24, 2.45) is 11.7 Å². The minimum Gasteiger partial charge on any atom is -0.352 e. The highest BCUT2D eigenvalue weighted by molar-refractivity contribution is 6.01. The molecular formula is C19H23N5O3. The molecule has 8 nitrogen and oxygen atoms in total. The maximum absolute atomic E-state index is 12.4. The number of para-hydroxylation sites is 1. The number of primary amides is 1. The van der Waals surface area contributed by atoms with Crippen molar-refractivity contribution in [2.45, 2.75) is 19.9 Å². The van der Waals surface area contributed by atoms with Gasteiger partial charge in [-0.1, -0.05) is 38.1 Å². The summed E-state index contributed by atoms with van der Waals surface area (Å²) in [6.07, 6.45) is 0. The van der Waals surface area contributed by atoms with Crippen LogP contribution in [0.2, 0.25) is 0 Å². The third-order valence-corrected chi connectivity index (χ3v) is 3.67. The molecule has 0 fully saturated rings. The van der Waals surface area contributed by atoms with Gasteiger partial charge in [-0.25, -0.2) is 9.59 Å². The molecule has 142 valence electrons. The summed E-state index contributed by atoms with van der Waals surface area (Å²) in [5, 5.41) is 10.5. The van der Waals surface area contributed by atoms with Crippen LogP contribution in [0.1, 0.15) is 13.8 Å². The van der Waals surface area contributed by atoms with E-state index in [4.69, 9.17) is 5.73 Å². The first-order chi connectivity index (χ1) is 12.8. The fraction of sp³-hybridized carbons (Fsp3) is 0.211. The van der Waals surface area contributed by atoms with E-state index < -0.39 is 24.0 Å². The number of carbonyl (C=O) groups excluding carboxylic acids is 3. The fourth-order valence-electron chi connectivity index (χ4n) is 2.40. The summed E-state index contributed by atoms with van der Waals surface area (Å²) in [5.74, 6) is -0.537. The third kappa shape index (κ3) is 6.35. The van der Waals surface area contributed by atoms with Crippen LogP contribution in [0, 0.1) is 5.92 Å². The SMILES string of the molecule is CC(C)C(NC(N)=O)C(=O)Nc1cccc(NC(=O)Nc2ccccc2)c1. The fourth-order valence-corrected chi connectivity index (χ4v) is 2.40. The number of hydrogen-bond acceptors (Lipinski definition) is 3. The third-order valence-electron chi connectivity index (χ3n) is 3.67. The van der Waals surface area contributed by atoms with Gasteiger partial charge >= 0.3 is 12.1 Å². The van der Waals surface area contributed by atoms with Crippen molar-refractivity contribution >= 4 is 35.0 Å². The van der Waals surface area contributed by atoms with E-state index in [0.29, 0.717) is 17.1 Å². The van der Waals surface area contributed by atoms with Crippen LogP contribution in [0.25, 0.3) is 0 Å². The molecule has 0 radical (unpaired) electrons. The van der Waals surface area contributed by atoms with Gasteiger partial charge in [-0.2, -0.15) is 0 Å². The van der Waals surface area contributed by atoms with Gasteiger partial charge in [-0.15, -0.1) is 0 Å². The zero-order valence-electron chi connectivity index (χ0n) is 15.2. The molecule has 2 aromatic rings. The summed E-state index contributed by atoms with van der Waals surface area (Å²) < 4.78 is 0. The summed E-state index contributed by atoms with van der Waals surface area (Å²) in [5.41, 5.74) is 6.77. The lowest BCUT2D eigenvalue weighted by Gasteiger charge is -2.20. The van der Waals surface area contributed by atoms with E-state index in [1.807, 2.05) is 18.2 Å². The van der Waals surface area contributed by atoms with Crippen LogP contribution in [0.4, 0.5) is 26.7 Å². The van der Waals surface area contributed by atoms with Crippen LogP contribution >= 0.6 is 0 Å². The number of hydrogen-bond donors (Lipinski definition) is 5. The largest absolute Gasteiger partial charge is 0.352 e. The van der Waals surface area contributed by atoms with Gasteiger partial charge in [0.15, 0.2) is 0 Å². The van der Waals surface area contributed by atoms with Crippen LogP contribution in [0.3, 0.4) is 0 Å². The number of amides is 5. The van der Waals surface area contributed by atoms with Gasteiger partial charge < -0.3 is 27.0 Å². The number of carbonyl (C=O) groups is 3. The molecule has 0 saturated carbocycles. The molecule has 0 saturated heterocycles. The minimum absolute atomic E-state index is 0.143. The van der Waals surface area contributed by atoms with Crippen LogP contribution in [0.5, 0.6) is 0 Å². The first-order valence-electron chi connectivity index (χ1n) is 8.45. The van der Waals surface area contributed by atoms with Crippen molar-refractivity contribution in [2.75, 3.05) is 16.0 Å². The molecule has 0 aliphatic heterocycles. The van der Waals surface area contributed by atoms with Gasteiger partial charge in [-0.3, -0.25) is 4.79 Å². The van der Waals surface area contributed by atoms with E-state index in [9.17, 15) is 14.4 Å². The first kappa shape index (κ1) is 19.8. The highest BCUT2D eigenvalue weighted by Gasteiger charge is 2.23. The van der Waals surface area contributed by atoms with Gasteiger partial charge in [0, 0.05) is 17.1 Å². The Morgan fingerprint density at radius 1 is 0.815 bits per heavy atom. The maximum atomic E-state index is 12.4. The molecule has 27 heavy (non-hydrogen) atoms. The monoisotopic (exact) mass is 369 g/mol. The zero-order valence-corrected chi connectivity index (χ0v) is 15.2. The molecule has 0 spiro atoms. The molecule has 0 aliphatic rings. The molecule has 2 aromatic carbocycles.